The van der Waals surface area contributed by atoms with Crippen molar-refractivity contribution < 1.29 is 9.72 Å². The number of carbonyl (C=O) groups excluding carboxylic acids is 1. The van der Waals surface area contributed by atoms with Gasteiger partial charge in [-0.05, 0) is 18.2 Å². The first-order chi connectivity index (χ1) is 9.50. The number of allylic oxidation sites excluding steroid dienone is 2. The van der Waals surface area contributed by atoms with Crippen LogP contribution < -0.4 is 0 Å². The number of nitro groups is 1. The smallest absolute Gasteiger partial charge is 0.276 e. The number of rotatable bonds is 3. The molecular weight excluding hydrogens is 296 g/mol. The van der Waals surface area contributed by atoms with Crippen molar-refractivity contribution in [2.24, 2.45) is 0 Å². The number of benzene rings is 1. The monoisotopic (exact) mass is 306 g/mol. The van der Waals surface area contributed by atoms with Gasteiger partial charge in [0.2, 0.25) is 0 Å². The van der Waals surface area contributed by atoms with E-state index in [1.807, 2.05) is 0 Å². The molecule has 7 heteroatoms. The highest BCUT2D eigenvalue weighted by Gasteiger charge is 2.27. The Labute approximate surface area is 125 Å². The maximum Gasteiger partial charge on any atom is 0.276 e. The van der Waals surface area contributed by atoms with Gasteiger partial charge in [0.1, 0.15) is 4.32 Å². The number of carbonyl (C=O) groups is 1. The summed E-state index contributed by atoms with van der Waals surface area (Å²) in [7, 11) is 1.62. The minimum Gasteiger partial charge on any atom is -0.296 e. The average molecular weight is 306 g/mol. The Morgan fingerprint density at radius 2 is 2.10 bits per heavy atom. The summed E-state index contributed by atoms with van der Waals surface area (Å²) in [5, 5.41) is 10.9. The predicted molar refractivity (Wildman–Crippen MR) is 83.2 cm³/mol. The number of nitro benzene ring substituents is 1. The number of hydrogen-bond donors (Lipinski definition) is 0. The van der Waals surface area contributed by atoms with Crippen LogP contribution in [0.1, 0.15) is 5.56 Å². The lowest BCUT2D eigenvalue weighted by Gasteiger charge is -2.03. The molecule has 0 aromatic heterocycles. The summed E-state index contributed by atoms with van der Waals surface area (Å²) in [5.41, 5.74) is 0.515. The Kier molecular flexibility index (Phi) is 4.31. The molecule has 0 unspecified atom stereocenters. The van der Waals surface area contributed by atoms with E-state index >= 15 is 0 Å². The van der Waals surface area contributed by atoms with Crippen LogP contribution in [-0.4, -0.2) is 27.1 Å². The van der Waals surface area contributed by atoms with Crippen LogP contribution in [0.3, 0.4) is 0 Å². The lowest BCUT2D eigenvalue weighted by Crippen LogP contribution is -2.22. The van der Waals surface area contributed by atoms with E-state index in [1.54, 1.807) is 43.5 Å². The Bertz CT molecular complexity index is 653. The maximum absolute atomic E-state index is 11.7. The van der Waals surface area contributed by atoms with Crippen molar-refractivity contribution in [2.45, 2.75) is 0 Å². The van der Waals surface area contributed by atoms with Crippen molar-refractivity contribution in [3.05, 3.63) is 57.0 Å². The summed E-state index contributed by atoms with van der Waals surface area (Å²) in [6.07, 6.45) is 4.82. The van der Waals surface area contributed by atoms with Gasteiger partial charge >= 0.3 is 0 Å². The summed E-state index contributed by atoms with van der Waals surface area (Å²) in [5.74, 6) is -0.160. The van der Waals surface area contributed by atoms with E-state index in [1.165, 1.54) is 22.7 Å². The van der Waals surface area contributed by atoms with Crippen molar-refractivity contribution in [3.63, 3.8) is 0 Å². The summed E-state index contributed by atoms with van der Waals surface area (Å²) < 4.78 is 0.500. The fourth-order valence-corrected chi connectivity index (χ4v) is 2.72. The standard InChI is InChI=1S/C13H10N2O3S2/c1-14-12(16)11(20-13(14)19)8-4-6-9-5-2-3-7-10(9)15(17)18/h2-8H,1H3/b6-4+,11-8-. The van der Waals surface area contributed by atoms with Crippen LogP contribution in [0.5, 0.6) is 0 Å². The molecule has 0 spiro atoms. The number of thioether (sulfide) groups is 1. The van der Waals surface area contributed by atoms with Crippen molar-refractivity contribution in [3.8, 4) is 0 Å². The lowest BCUT2D eigenvalue weighted by molar-refractivity contribution is -0.385. The van der Waals surface area contributed by atoms with E-state index in [0.29, 0.717) is 14.8 Å². The van der Waals surface area contributed by atoms with E-state index in [9.17, 15) is 14.9 Å². The third-order valence-corrected chi connectivity index (χ3v) is 4.15. The summed E-state index contributed by atoms with van der Waals surface area (Å²) in [6.45, 7) is 0. The van der Waals surface area contributed by atoms with Crippen molar-refractivity contribution in [1.82, 2.24) is 4.90 Å². The Balaban J connectivity index is 2.21. The molecule has 0 radical (unpaired) electrons. The molecule has 1 heterocycles. The molecule has 0 N–H and O–H groups in total. The first-order valence-corrected chi connectivity index (χ1v) is 6.85. The van der Waals surface area contributed by atoms with Crippen molar-refractivity contribution in [1.29, 1.82) is 0 Å². The van der Waals surface area contributed by atoms with Gasteiger partial charge in [0, 0.05) is 13.1 Å². The molecule has 0 aliphatic carbocycles. The van der Waals surface area contributed by atoms with E-state index in [2.05, 4.69) is 0 Å². The fraction of sp³-hybridized carbons (Fsp3) is 0.0769. The second-order valence-electron chi connectivity index (χ2n) is 3.94. The molecule has 2 rings (SSSR count). The largest absolute Gasteiger partial charge is 0.296 e. The van der Waals surface area contributed by atoms with Crippen LogP contribution >= 0.6 is 24.0 Å². The molecule has 1 aliphatic heterocycles. The van der Waals surface area contributed by atoms with Crippen LogP contribution in [0.25, 0.3) is 6.08 Å². The number of likely N-dealkylation sites (N-methyl/N-ethyl adjacent to an activating group) is 1. The summed E-state index contributed by atoms with van der Waals surface area (Å²) in [4.78, 5) is 24.1. The van der Waals surface area contributed by atoms with E-state index in [-0.39, 0.29) is 11.6 Å². The zero-order chi connectivity index (χ0) is 14.7. The van der Waals surface area contributed by atoms with Gasteiger partial charge in [0.25, 0.3) is 11.6 Å². The number of nitrogens with zero attached hydrogens (tertiary/aromatic N) is 2. The lowest BCUT2D eigenvalue weighted by atomic mass is 10.1. The second kappa shape index (κ2) is 5.98. The molecule has 1 aliphatic rings. The van der Waals surface area contributed by atoms with Gasteiger partial charge in [-0.2, -0.15) is 0 Å². The normalized spacial score (nSPS) is 17.4. The summed E-state index contributed by atoms with van der Waals surface area (Å²) >= 11 is 6.22. The van der Waals surface area contributed by atoms with Gasteiger partial charge in [-0.3, -0.25) is 19.8 Å². The molecule has 1 fully saturated rings. The van der Waals surface area contributed by atoms with Gasteiger partial charge in [0.15, 0.2) is 0 Å². The van der Waals surface area contributed by atoms with Crippen molar-refractivity contribution in [2.75, 3.05) is 7.05 Å². The van der Waals surface area contributed by atoms with Gasteiger partial charge in [0.05, 0.1) is 15.4 Å². The zero-order valence-electron chi connectivity index (χ0n) is 10.5. The maximum atomic E-state index is 11.7. The molecule has 0 bridgehead atoms. The molecular formula is C13H10N2O3S2. The van der Waals surface area contributed by atoms with Gasteiger partial charge < -0.3 is 0 Å². The quantitative estimate of drug-likeness (QED) is 0.372. The molecule has 1 saturated heterocycles. The number of para-hydroxylation sites is 1. The van der Waals surface area contributed by atoms with Crippen LogP contribution in [0.4, 0.5) is 5.69 Å². The molecule has 1 aromatic rings. The average Bonchev–Trinajstić information content (AvgIpc) is 2.67. The van der Waals surface area contributed by atoms with E-state index in [4.69, 9.17) is 12.2 Å². The second-order valence-corrected chi connectivity index (χ2v) is 5.61. The third-order valence-electron chi connectivity index (χ3n) is 2.64. The molecule has 5 nitrogen and oxygen atoms in total. The number of hydrogen-bond acceptors (Lipinski definition) is 5. The first-order valence-electron chi connectivity index (χ1n) is 5.62. The van der Waals surface area contributed by atoms with Crippen LogP contribution in [0.15, 0.2) is 41.3 Å². The molecule has 20 heavy (non-hydrogen) atoms. The molecule has 1 aromatic carbocycles. The highest BCUT2D eigenvalue weighted by atomic mass is 32.2. The van der Waals surface area contributed by atoms with Crippen LogP contribution in [-0.2, 0) is 4.79 Å². The van der Waals surface area contributed by atoms with E-state index < -0.39 is 4.92 Å². The van der Waals surface area contributed by atoms with E-state index in [0.717, 1.165) is 0 Å². The molecule has 0 saturated carbocycles. The predicted octanol–water partition coefficient (Wildman–Crippen LogP) is 2.98. The van der Waals surface area contributed by atoms with Gasteiger partial charge in [-0.1, -0.05) is 42.2 Å². The van der Waals surface area contributed by atoms with Gasteiger partial charge in [-0.25, -0.2) is 0 Å². The Morgan fingerprint density at radius 3 is 2.70 bits per heavy atom. The highest BCUT2D eigenvalue weighted by Crippen LogP contribution is 2.29. The Hall–Kier alpha value is -1.99. The zero-order valence-corrected chi connectivity index (χ0v) is 12.1. The van der Waals surface area contributed by atoms with Crippen LogP contribution in [0.2, 0.25) is 0 Å². The topological polar surface area (TPSA) is 63.5 Å². The fourth-order valence-electron chi connectivity index (χ4n) is 1.59. The Morgan fingerprint density at radius 1 is 1.40 bits per heavy atom. The highest BCUT2D eigenvalue weighted by molar-refractivity contribution is 8.26. The molecule has 0 atom stereocenters. The molecule has 1 amide bonds. The molecule has 102 valence electrons. The number of thiocarbonyl (C=S) groups is 1. The first kappa shape index (κ1) is 14.4. The minimum atomic E-state index is -0.439. The van der Waals surface area contributed by atoms with Gasteiger partial charge in [-0.15, -0.1) is 0 Å². The SMILES string of the molecule is CN1C(=O)/C(=C/C=C/c2ccccc2[N+](=O)[O-])SC1=S. The minimum absolute atomic E-state index is 0.0280. The van der Waals surface area contributed by atoms with Crippen molar-refractivity contribution >= 4 is 46.0 Å². The van der Waals surface area contributed by atoms with Crippen LogP contribution in [0, 0.1) is 10.1 Å². The summed E-state index contributed by atoms with van der Waals surface area (Å²) in [6, 6.07) is 6.41. The third kappa shape index (κ3) is 2.94. The number of amides is 1.